The van der Waals surface area contributed by atoms with E-state index in [0.29, 0.717) is 6.61 Å². The predicted molar refractivity (Wildman–Crippen MR) is 96.7 cm³/mol. The molecule has 1 aromatic rings. The number of nitrogens with one attached hydrogen (secondary N) is 1. The Kier molecular flexibility index (Phi) is 11.0. The highest BCUT2D eigenvalue weighted by molar-refractivity contribution is 5.66. The van der Waals surface area contributed by atoms with Crippen molar-refractivity contribution in [3.63, 3.8) is 0 Å². The molecule has 0 bridgehead atoms. The molecule has 0 saturated carbocycles. The van der Waals surface area contributed by atoms with E-state index in [1.54, 1.807) is 0 Å². The van der Waals surface area contributed by atoms with Crippen molar-refractivity contribution in [2.45, 2.75) is 65.2 Å². The largest absolute Gasteiger partial charge is 0.450 e. The van der Waals surface area contributed by atoms with Gasteiger partial charge in [-0.25, -0.2) is 4.79 Å². The van der Waals surface area contributed by atoms with Crippen LogP contribution in [0.4, 0.5) is 4.79 Å². The molecule has 3 heteroatoms. The van der Waals surface area contributed by atoms with Gasteiger partial charge < -0.3 is 10.1 Å². The Hall–Kier alpha value is -1.51. The van der Waals surface area contributed by atoms with Crippen LogP contribution in [-0.2, 0) is 11.2 Å². The Balaban J connectivity index is 1.95. The van der Waals surface area contributed by atoms with Crippen LogP contribution >= 0.6 is 0 Å². The molecule has 1 unspecified atom stereocenters. The third kappa shape index (κ3) is 9.98. The zero-order valence-corrected chi connectivity index (χ0v) is 14.9. The van der Waals surface area contributed by atoms with Crippen LogP contribution in [0.1, 0.15) is 64.4 Å². The first-order chi connectivity index (χ1) is 11.3. The second-order valence-corrected chi connectivity index (χ2v) is 6.21. The van der Waals surface area contributed by atoms with Crippen molar-refractivity contribution >= 4 is 6.09 Å². The highest BCUT2D eigenvalue weighted by Gasteiger charge is 2.06. The van der Waals surface area contributed by atoms with Gasteiger partial charge in [-0.15, -0.1) is 0 Å². The van der Waals surface area contributed by atoms with Crippen molar-refractivity contribution in [1.82, 2.24) is 5.32 Å². The molecule has 1 atom stereocenters. The first-order valence-electron chi connectivity index (χ1n) is 9.20. The Labute approximate surface area is 141 Å². The van der Waals surface area contributed by atoms with Crippen molar-refractivity contribution in [3.05, 3.63) is 35.9 Å². The summed E-state index contributed by atoms with van der Waals surface area (Å²) < 4.78 is 5.22. The van der Waals surface area contributed by atoms with Crippen LogP contribution < -0.4 is 5.32 Å². The fraction of sp³-hybridized carbons (Fsp3) is 0.650. The number of alkyl carbamates (subject to hydrolysis) is 1. The average molecular weight is 319 g/mol. The van der Waals surface area contributed by atoms with E-state index in [1.165, 1.54) is 24.8 Å². The van der Waals surface area contributed by atoms with Crippen molar-refractivity contribution in [1.29, 1.82) is 0 Å². The first-order valence-corrected chi connectivity index (χ1v) is 9.20. The molecular formula is C20H33NO2. The first kappa shape index (κ1) is 19.5. The number of ether oxygens (including phenoxy) is 1. The van der Waals surface area contributed by atoms with Gasteiger partial charge in [0.05, 0.1) is 6.61 Å². The number of amides is 1. The van der Waals surface area contributed by atoms with E-state index in [9.17, 15) is 4.79 Å². The van der Waals surface area contributed by atoms with Gasteiger partial charge in [0.2, 0.25) is 0 Å². The smallest absolute Gasteiger partial charge is 0.407 e. The molecule has 1 rings (SSSR count). The number of aryl methyl sites for hydroxylation is 1. The van der Waals surface area contributed by atoms with Crippen LogP contribution in [-0.4, -0.2) is 19.2 Å². The molecule has 0 fully saturated rings. The average Bonchev–Trinajstić information content (AvgIpc) is 2.58. The van der Waals surface area contributed by atoms with E-state index in [-0.39, 0.29) is 6.09 Å². The van der Waals surface area contributed by atoms with E-state index in [4.69, 9.17) is 4.74 Å². The third-order valence-corrected chi connectivity index (χ3v) is 4.28. The minimum atomic E-state index is -0.264. The zero-order chi connectivity index (χ0) is 16.8. The molecule has 1 N–H and O–H groups in total. The number of benzene rings is 1. The second kappa shape index (κ2) is 13.0. The summed E-state index contributed by atoms with van der Waals surface area (Å²) in [6.07, 6.45) is 8.71. The second-order valence-electron chi connectivity index (χ2n) is 6.21. The fourth-order valence-corrected chi connectivity index (χ4v) is 2.81. The molecule has 130 valence electrons. The standard InChI is InChI=1S/C20H33NO2/c1-3-11-18(4-2)15-16-21-20(22)23-17-10-6-9-14-19-12-7-5-8-13-19/h5,7-8,12-13,18H,3-4,6,9-11,14-17H2,1-2H3,(H,21,22). The molecule has 1 amide bonds. The number of unbranched alkanes of at least 4 members (excludes halogenated alkanes) is 2. The van der Waals surface area contributed by atoms with Crippen LogP contribution in [0.5, 0.6) is 0 Å². The van der Waals surface area contributed by atoms with Gasteiger partial charge in [0.1, 0.15) is 0 Å². The third-order valence-electron chi connectivity index (χ3n) is 4.28. The maximum Gasteiger partial charge on any atom is 0.407 e. The van der Waals surface area contributed by atoms with Crippen molar-refractivity contribution in [2.75, 3.05) is 13.2 Å². The number of carbonyl (C=O) groups is 1. The molecule has 0 aliphatic heterocycles. The number of hydrogen-bond donors (Lipinski definition) is 1. The summed E-state index contributed by atoms with van der Waals surface area (Å²) in [5, 5.41) is 2.86. The molecule has 0 radical (unpaired) electrons. The molecule has 23 heavy (non-hydrogen) atoms. The van der Waals surface area contributed by atoms with Crippen LogP contribution in [0, 0.1) is 5.92 Å². The summed E-state index contributed by atoms with van der Waals surface area (Å²) in [6, 6.07) is 10.5. The van der Waals surface area contributed by atoms with E-state index in [2.05, 4.69) is 43.4 Å². The van der Waals surface area contributed by atoms with Crippen LogP contribution in [0.15, 0.2) is 30.3 Å². The highest BCUT2D eigenvalue weighted by atomic mass is 16.5. The lowest BCUT2D eigenvalue weighted by molar-refractivity contribution is 0.143. The molecule has 0 heterocycles. The van der Waals surface area contributed by atoms with Gasteiger partial charge in [-0.05, 0) is 43.6 Å². The molecule has 0 aliphatic carbocycles. The van der Waals surface area contributed by atoms with Gasteiger partial charge in [0, 0.05) is 6.54 Å². The predicted octanol–water partition coefficient (Wildman–Crippen LogP) is 5.34. The topological polar surface area (TPSA) is 38.3 Å². The molecule has 1 aromatic carbocycles. The van der Waals surface area contributed by atoms with Crippen LogP contribution in [0.3, 0.4) is 0 Å². The van der Waals surface area contributed by atoms with Gasteiger partial charge in [0.25, 0.3) is 0 Å². The van der Waals surface area contributed by atoms with Gasteiger partial charge in [0.15, 0.2) is 0 Å². The summed E-state index contributed by atoms with van der Waals surface area (Å²) in [5.74, 6) is 0.721. The van der Waals surface area contributed by atoms with Crippen LogP contribution in [0.2, 0.25) is 0 Å². The molecule has 0 spiro atoms. The summed E-state index contributed by atoms with van der Waals surface area (Å²) in [6.45, 7) is 5.67. The van der Waals surface area contributed by atoms with E-state index in [0.717, 1.165) is 44.6 Å². The van der Waals surface area contributed by atoms with Crippen molar-refractivity contribution in [2.24, 2.45) is 5.92 Å². The maximum absolute atomic E-state index is 11.6. The lowest BCUT2D eigenvalue weighted by Gasteiger charge is -2.14. The summed E-state index contributed by atoms with van der Waals surface area (Å²) in [5.41, 5.74) is 1.38. The lowest BCUT2D eigenvalue weighted by Crippen LogP contribution is -2.27. The SMILES string of the molecule is CCCC(CC)CCNC(=O)OCCCCCc1ccccc1. The number of rotatable bonds is 12. The Morgan fingerprint density at radius 1 is 1.09 bits per heavy atom. The van der Waals surface area contributed by atoms with Crippen molar-refractivity contribution < 1.29 is 9.53 Å². The normalized spacial score (nSPS) is 11.9. The minimum Gasteiger partial charge on any atom is -0.450 e. The Morgan fingerprint density at radius 3 is 2.57 bits per heavy atom. The zero-order valence-electron chi connectivity index (χ0n) is 14.9. The lowest BCUT2D eigenvalue weighted by atomic mass is 9.97. The van der Waals surface area contributed by atoms with Gasteiger partial charge in [-0.2, -0.15) is 0 Å². The monoisotopic (exact) mass is 319 g/mol. The molecule has 0 aromatic heterocycles. The van der Waals surface area contributed by atoms with E-state index >= 15 is 0 Å². The van der Waals surface area contributed by atoms with Crippen molar-refractivity contribution in [3.8, 4) is 0 Å². The van der Waals surface area contributed by atoms with Gasteiger partial charge >= 0.3 is 6.09 Å². The molecule has 0 aliphatic rings. The quantitative estimate of drug-likeness (QED) is 0.528. The number of carbonyl (C=O) groups excluding carboxylic acids is 1. The number of hydrogen-bond acceptors (Lipinski definition) is 2. The highest BCUT2D eigenvalue weighted by Crippen LogP contribution is 2.14. The summed E-state index contributed by atoms with van der Waals surface area (Å²) >= 11 is 0. The van der Waals surface area contributed by atoms with Gasteiger partial charge in [-0.3, -0.25) is 0 Å². The fourth-order valence-electron chi connectivity index (χ4n) is 2.81. The summed E-state index contributed by atoms with van der Waals surface area (Å²) in [4.78, 5) is 11.6. The molecule has 0 saturated heterocycles. The Morgan fingerprint density at radius 2 is 1.87 bits per heavy atom. The minimum absolute atomic E-state index is 0.264. The van der Waals surface area contributed by atoms with Crippen LogP contribution in [0.25, 0.3) is 0 Å². The molecular weight excluding hydrogens is 286 g/mol. The van der Waals surface area contributed by atoms with Gasteiger partial charge in [-0.1, -0.05) is 63.4 Å². The summed E-state index contributed by atoms with van der Waals surface area (Å²) in [7, 11) is 0. The van der Waals surface area contributed by atoms with E-state index in [1.807, 2.05) is 6.07 Å². The van der Waals surface area contributed by atoms with E-state index < -0.39 is 0 Å². The molecule has 3 nitrogen and oxygen atoms in total. The Bertz CT molecular complexity index is 405. The maximum atomic E-state index is 11.6.